The van der Waals surface area contributed by atoms with Crippen LogP contribution >= 0.6 is 0 Å². The van der Waals surface area contributed by atoms with Gasteiger partial charge in [0.05, 0.1) is 12.2 Å². The van der Waals surface area contributed by atoms with Crippen LogP contribution in [0.25, 0.3) is 0 Å². The van der Waals surface area contributed by atoms with Crippen molar-refractivity contribution in [2.24, 2.45) is 0 Å². The van der Waals surface area contributed by atoms with E-state index in [1.54, 1.807) is 0 Å². The maximum Gasteiger partial charge on any atom is 0.0704 e. The van der Waals surface area contributed by atoms with E-state index in [9.17, 15) is 0 Å². The minimum Gasteiger partial charge on any atom is -0.374 e. The van der Waals surface area contributed by atoms with Gasteiger partial charge in [-0.1, -0.05) is 13.8 Å². The van der Waals surface area contributed by atoms with Crippen molar-refractivity contribution in [1.29, 1.82) is 0 Å². The van der Waals surface area contributed by atoms with Gasteiger partial charge in [0.2, 0.25) is 0 Å². The van der Waals surface area contributed by atoms with Crippen LogP contribution in [-0.2, 0) is 4.74 Å². The summed E-state index contributed by atoms with van der Waals surface area (Å²) < 4.78 is 5.75. The van der Waals surface area contributed by atoms with E-state index in [0.29, 0.717) is 24.3 Å². The lowest BCUT2D eigenvalue weighted by atomic mass is 10.2. The predicted octanol–water partition coefficient (Wildman–Crippen LogP) is 1.53. The predicted molar refractivity (Wildman–Crippen MR) is 64.2 cm³/mol. The quantitative estimate of drug-likeness (QED) is 0.703. The largest absolute Gasteiger partial charge is 0.374 e. The van der Waals surface area contributed by atoms with E-state index in [1.807, 2.05) is 0 Å². The lowest BCUT2D eigenvalue weighted by molar-refractivity contribution is 0.0546. The van der Waals surface area contributed by atoms with Crippen LogP contribution in [0.5, 0.6) is 0 Å². The van der Waals surface area contributed by atoms with Crippen molar-refractivity contribution >= 4 is 0 Å². The molecule has 15 heavy (non-hydrogen) atoms. The van der Waals surface area contributed by atoms with E-state index in [4.69, 9.17) is 4.74 Å². The second kappa shape index (κ2) is 6.46. The summed E-state index contributed by atoms with van der Waals surface area (Å²) in [6.45, 7) is 10.7. The number of nitrogens with one attached hydrogen (secondary N) is 2. The molecule has 3 unspecified atom stereocenters. The van der Waals surface area contributed by atoms with E-state index in [-0.39, 0.29) is 0 Å². The Kier molecular flexibility index (Phi) is 5.58. The fraction of sp³-hybridized carbons (Fsp3) is 1.00. The second-order valence-electron chi connectivity index (χ2n) is 5.02. The zero-order valence-electron chi connectivity index (χ0n) is 10.5. The molecule has 0 amide bonds. The van der Waals surface area contributed by atoms with E-state index in [2.05, 4.69) is 38.3 Å². The van der Waals surface area contributed by atoms with Gasteiger partial charge in [-0.3, -0.25) is 0 Å². The van der Waals surface area contributed by atoms with Crippen molar-refractivity contribution in [2.75, 3.05) is 13.1 Å². The topological polar surface area (TPSA) is 33.3 Å². The Hall–Kier alpha value is -0.120. The molecule has 3 heteroatoms. The van der Waals surface area contributed by atoms with E-state index >= 15 is 0 Å². The first kappa shape index (κ1) is 12.9. The first-order chi connectivity index (χ1) is 7.08. The first-order valence-corrected chi connectivity index (χ1v) is 6.20. The monoisotopic (exact) mass is 214 g/mol. The van der Waals surface area contributed by atoms with Crippen molar-refractivity contribution in [3.8, 4) is 0 Å². The van der Waals surface area contributed by atoms with Gasteiger partial charge in [-0.2, -0.15) is 0 Å². The summed E-state index contributed by atoms with van der Waals surface area (Å²) in [7, 11) is 0. The Morgan fingerprint density at radius 1 is 1.20 bits per heavy atom. The number of ether oxygens (including phenoxy) is 1. The molecule has 1 heterocycles. The van der Waals surface area contributed by atoms with Gasteiger partial charge in [0.15, 0.2) is 0 Å². The summed E-state index contributed by atoms with van der Waals surface area (Å²) in [5, 5.41) is 6.94. The molecule has 1 aliphatic rings. The zero-order chi connectivity index (χ0) is 11.3. The van der Waals surface area contributed by atoms with Crippen LogP contribution in [0.4, 0.5) is 0 Å². The SMILES string of the molecule is CC(C)NCC(C)NCC1CCC(C)O1. The molecule has 3 nitrogen and oxygen atoms in total. The normalized spacial score (nSPS) is 28.6. The second-order valence-corrected chi connectivity index (χ2v) is 5.02. The van der Waals surface area contributed by atoms with Crippen molar-refractivity contribution in [3.05, 3.63) is 0 Å². The maximum atomic E-state index is 5.75. The first-order valence-electron chi connectivity index (χ1n) is 6.20. The standard InChI is InChI=1S/C12H26N2O/c1-9(2)13-7-10(3)14-8-12-6-5-11(4)15-12/h9-14H,5-8H2,1-4H3. The molecule has 3 atom stereocenters. The highest BCUT2D eigenvalue weighted by Crippen LogP contribution is 2.18. The molecule has 0 aromatic rings. The van der Waals surface area contributed by atoms with Crippen LogP contribution in [0.2, 0.25) is 0 Å². The Bertz CT molecular complexity index is 173. The average Bonchev–Trinajstić information content (AvgIpc) is 2.58. The van der Waals surface area contributed by atoms with E-state index in [1.165, 1.54) is 12.8 Å². The smallest absolute Gasteiger partial charge is 0.0704 e. The van der Waals surface area contributed by atoms with Crippen LogP contribution in [0.15, 0.2) is 0 Å². The van der Waals surface area contributed by atoms with Crippen LogP contribution in [0.3, 0.4) is 0 Å². The van der Waals surface area contributed by atoms with Gasteiger partial charge < -0.3 is 15.4 Å². The third-order valence-electron chi connectivity index (χ3n) is 2.85. The average molecular weight is 214 g/mol. The molecule has 0 spiro atoms. The maximum absolute atomic E-state index is 5.75. The van der Waals surface area contributed by atoms with Crippen molar-refractivity contribution < 1.29 is 4.74 Å². The third kappa shape index (κ3) is 5.50. The van der Waals surface area contributed by atoms with Gasteiger partial charge in [0.1, 0.15) is 0 Å². The zero-order valence-corrected chi connectivity index (χ0v) is 10.5. The minimum absolute atomic E-state index is 0.432. The van der Waals surface area contributed by atoms with Gasteiger partial charge in [-0.15, -0.1) is 0 Å². The van der Waals surface area contributed by atoms with Gasteiger partial charge in [0.25, 0.3) is 0 Å². The third-order valence-corrected chi connectivity index (χ3v) is 2.85. The van der Waals surface area contributed by atoms with Gasteiger partial charge >= 0.3 is 0 Å². The molecule has 0 bridgehead atoms. The Balaban J connectivity index is 2.03. The highest BCUT2D eigenvalue weighted by Gasteiger charge is 2.21. The molecule has 2 N–H and O–H groups in total. The molecule has 0 aromatic heterocycles. The summed E-state index contributed by atoms with van der Waals surface area (Å²) in [6, 6.07) is 1.09. The molecule has 1 saturated heterocycles. The summed E-state index contributed by atoms with van der Waals surface area (Å²) >= 11 is 0. The minimum atomic E-state index is 0.432. The molecule has 0 aromatic carbocycles. The number of rotatable bonds is 6. The summed E-state index contributed by atoms with van der Waals surface area (Å²) in [5.41, 5.74) is 0. The van der Waals surface area contributed by atoms with Crippen LogP contribution in [-0.4, -0.2) is 37.4 Å². The highest BCUT2D eigenvalue weighted by molar-refractivity contribution is 4.75. The van der Waals surface area contributed by atoms with Crippen LogP contribution in [0.1, 0.15) is 40.5 Å². The van der Waals surface area contributed by atoms with E-state index in [0.717, 1.165) is 13.1 Å². The van der Waals surface area contributed by atoms with Crippen LogP contribution < -0.4 is 10.6 Å². The molecular weight excluding hydrogens is 188 g/mol. The summed E-state index contributed by atoms with van der Waals surface area (Å²) in [6.07, 6.45) is 3.31. The molecule has 1 rings (SSSR count). The molecule has 90 valence electrons. The molecule has 0 radical (unpaired) electrons. The van der Waals surface area contributed by atoms with Gasteiger partial charge in [-0.25, -0.2) is 0 Å². The van der Waals surface area contributed by atoms with E-state index < -0.39 is 0 Å². The fourth-order valence-corrected chi connectivity index (χ4v) is 1.85. The Morgan fingerprint density at radius 3 is 2.47 bits per heavy atom. The van der Waals surface area contributed by atoms with Gasteiger partial charge in [0, 0.05) is 25.2 Å². The summed E-state index contributed by atoms with van der Waals surface area (Å²) in [4.78, 5) is 0. The molecule has 1 aliphatic heterocycles. The fourth-order valence-electron chi connectivity index (χ4n) is 1.85. The Labute approximate surface area is 94.0 Å². The Morgan fingerprint density at radius 2 is 1.93 bits per heavy atom. The lowest BCUT2D eigenvalue weighted by Gasteiger charge is -2.19. The molecule has 1 fully saturated rings. The van der Waals surface area contributed by atoms with Crippen LogP contribution in [0, 0.1) is 0 Å². The van der Waals surface area contributed by atoms with Crippen molar-refractivity contribution in [3.63, 3.8) is 0 Å². The van der Waals surface area contributed by atoms with Gasteiger partial charge in [-0.05, 0) is 26.7 Å². The van der Waals surface area contributed by atoms with Crippen molar-refractivity contribution in [2.45, 2.75) is 64.8 Å². The number of hydrogen-bond acceptors (Lipinski definition) is 3. The molecule has 0 aliphatic carbocycles. The highest BCUT2D eigenvalue weighted by atomic mass is 16.5. The molecule has 0 saturated carbocycles. The molecular formula is C12H26N2O. The lowest BCUT2D eigenvalue weighted by Crippen LogP contribution is -2.41. The van der Waals surface area contributed by atoms with Crippen molar-refractivity contribution in [1.82, 2.24) is 10.6 Å². The summed E-state index contributed by atoms with van der Waals surface area (Å²) in [5.74, 6) is 0. The number of hydrogen-bond donors (Lipinski definition) is 2.